The van der Waals surface area contributed by atoms with Crippen molar-refractivity contribution in [3.05, 3.63) is 66.5 Å². The van der Waals surface area contributed by atoms with Crippen LogP contribution in [0, 0.1) is 6.92 Å². The van der Waals surface area contributed by atoms with E-state index in [1.165, 1.54) is 24.4 Å². The van der Waals surface area contributed by atoms with Crippen LogP contribution in [0.1, 0.15) is 33.3 Å². The molecule has 39 heavy (non-hydrogen) atoms. The number of fused-ring (bicyclic) bond motifs is 2. The molecule has 2 aliphatic rings. The van der Waals surface area contributed by atoms with Crippen molar-refractivity contribution in [3.8, 4) is 22.6 Å². The molecular weight excluding hydrogens is 524 g/mol. The van der Waals surface area contributed by atoms with Crippen molar-refractivity contribution in [3.63, 3.8) is 0 Å². The van der Waals surface area contributed by atoms with Crippen LogP contribution in [-0.2, 0) is 14.7 Å². The van der Waals surface area contributed by atoms with Gasteiger partial charge in [-0.3, -0.25) is 0 Å². The van der Waals surface area contributed by atoms with Gasteiger partial charge in [0.2, 0.25) is 0 Å². The molecule has 2 aromatic heterocycles. The van der Waals surface area contributed by atoms with Crippen molar-refractivity contribution >= 4 is 40.5 Å². The Balaban J connectivity index is 1.57. The molecule has 0 aliphatic carbocycles. The summed E-state index contributed by atoms with van der Waals surface area (Å²) < 4.78 is 72.6. The van der Waals surface area contributed by atoms with Crippen molar-refractivity contribution in [2.75, 3.05) is 0 Å². The molecule has 2 aliphatic heterocycles. The highest BCUT2D eigenvalue weighted by atomic mass is 32.2. The van der Waals surface area contributed by atoms with Crippen LogP contribution < -0.4 is 14.9 Å². The molecule has 2 aromatic carbocycles. The molecular formula is C27H26B2F2N2O5S. The maximum atomic E-state index is 14.0. The summed E-state index contributed by atoms with van der Waals surface area (Å²) in [6.07, 6.45) is -0.808. The smallest absolute Gasteiger partial charge is 0.434 e. The Hall–Kier alpha value is -3.37. The molecule has 4 aromatic rings. The predicted octanol–water partition coefficient (Wildman–Crippen LogP) is 4.71. The predicted molar refractivity (Wildman–Crippen MR) is 147 cm³/mol. The van der Waals surface area contributed by atoms with E-state index in [9.17, 15) is 17.2 Å². The number of pyridine rings is 1. The molecule has 0 amide bonds. The zero-order valence-electron chi connectivity index (χ0n) is 22.2. The Kier molecular flexibility index (Phi) is 5.52. The number of aryl methyl sites for hydroxylation is 1. The number of nitrogens with zero attached hydrogens (tertiary/aromatic N) is 2. The quantitative estimate of drug-likeness (QED) is 0.343. The van der Waals surface area contributed by atoms with Crippen molar-refractivity contribution in [1.29, 1.82) is 0 Å². The number of hydrogen-bond acceptors (Lipinski definition) is 6. The Morgan fingerprint density at radius 1 is 1.00 bits per heavy atom. The summed E-state index contributed by atoms with van der Waals surface area (Å²) in [5.41, 5.74) is 2.07. The van der Waals surface area contributed by atoms with Gasteiger partial charge in [0.15, 0.2) is 17.1 Å². The molecule has 0 radical (unpaired) electrons. The van der Waals surface area contributed by atoms with E-state index in [-0.39, 0.29) is 39.7 Å². The molecule has 12 heteroatoms. The topological polar surface area (TPSA) is 79.7 Å². The molecule has 1 saturated heterocycles. The molecule has 6 rings (SSSR count). The van der Waals surface area contributed by atoms with Crippen molar-refractivity contribution in [2.45, 2.75) is 56.7 Å². The molecule has 4 heterocycles. The summed E-state index contributed by atoms with van der Waals surface area (Å²) in [6, 6.07) is 12.8. The second kappa shape index (κ2) is 8.32. The lowest BCUT2D eigenvalue weighted by Gasteiger charge is -2.34. The lowest BCUT2D eigenvalue weighted by molar-refractivity contribution is -0.286. The van der Waals surface area contributed by atoms with Gasteiger partial charge >= 0.3 is 6.29 Å². The molecule has 0 atom stereocenters. The Morgan fingerprint density at radius 2 is 1.72 bits per heavy atom. The van der Waals surface area contributed by atoms with Gasteiger partial charge < -0.3 is 14.1 Å². The number of hydrogen-bond donors (Lipinski definition) is 0. The van der Waals surface area contributed by atoms with Crippen molar-refractivity contribution in [1.82, 2.24) is 8.96 Å². The van der Waals surface area contributed by atoms with Crippen LogP contribution in [0.15, 0.2) is 65.8 Å². The molecule has 200 valence electrons. The van der Waals surface area contributed by atoms with E-state index in [0.29, 0.717) is 10.9 Å². The second-order valence-electron chi connectivity index (χ2n) is 11.3. The number of alkyl halides is 2. The Bertz CT molecular complexity index is 1720. The normalized spacial score (nSPS) is 18.9. The summed E-state index contributed by atoms with van der Waals surface area (Å²) in [4.78, 5) is 4.66. The van der Waals surface area contributed by atoms with Gasteiger partial charge in [0.1, 0.15) is 7.17 Å². The SMILES string of the molecule is Cc1ccc(S(=O)(=O)n2cc(-c3cccc4c3OC(F)(F)O4)c3cc(B4BC(C)(C)C(C)(C)O4)cnc32)cc1. The van der Waals surface area contributed by atoms with Crippen LogP contribution in [0.5, 0.6) is 11.5 Å². The van der Waals surface area contributed by atoms with Crippen molar-refractivity contribution < 1.29 is 31.3 Å². The van der Waals surface area contributed by atoms with Crippen molar-refractivity contribution in [2.24, 2.45) is 0 Å². The largest absolute Gasteiger partial charge is 0.586 e. The van der Waals surface area contributed by atoms with E-state index in [1.807, 2.05) is 26.8 Å². The lowest BCUT2D eigenvalue weighted by atomic mass is 9.23. The average Bonchev–Trinajstić information content (AvgIpc) is 3.46. The monoisotopic (exact) mass is 550 g/mol. The molecule has 0 bridgehead atoms. The van der Waals surface area contributed by atoms with Gasteiger partial charge in [-0.25, -0.2) is 17.4 Å². The highest BCUT2D eigenvalue weighted by molar-refractivity contribution is 7.90. The summed E-state index contributed by atoms with van der Waals surface area (Å²) in [7, 11) is -3.34. The lowest BCUT2D eigenvalue weighted by Crippen LogP contribution is -2.37. The van der Waals surface area contributed by atoms with E-state index in [1.54, 1.807) is 30.5 Å². The van der Waals surface area contributed by atoms with Gasteiger partial charge in [-0.15, -0.1) is 8.78 Å². The van der Waals surface area contributed by atoms with Gasteiger partial charge in [-0.05, 0) is 49.7 Å². The third-order valence-corrected chi connectivity index (χ3v) is 9.73. The first-order chi connectivity index (χ1) is 18.2. The highest BCUT2D eigenvalue weighted by Crippen LogP contribution is 2.49. The third-order valence-electron chi connectivity index (χ3n) is 8.06. The number of benzene rings is 2. The minimum atomic E-state index is -4.07. The maximum Gasteiger partial charge on any atom is 0.586 e. The molecule has 1 fully saturated rings. The third kappa shape index (κ3) is 4.12. The van der Waals surface area contributed by atoms with E-state index >= 15 is 0 Å². The van der Waals surface area contributed by atoms with E-state index in [0.717, 1.165) is 22.2 Å². The van der Waals surface area contributed by atoms with Crippen LogP contribution in [0.25, 0.3) is 22.2 Å². The van der Waals surface area contributed by atoms with Gasteiger partial charge in [0, 0.05) is 34.5 Å². The second-order valence-corrected chi connectivity index (χ2v) is 13.1. The standard InChI is InChI=1S/C27H26B2F2N2O5S/c1-16-9-11-18(12-10-16)39(34,35)33-15-21(19-7-6-8-22-23(19)37-27(30,31)36-22)20-13-17(14-32-24(20)33)29-28-25(2,3)26(4,5)38-29/h6-15,28H,1-5H3. The number of halogens is 2. The summed E-state index contributed by atoms with van der Waals surface area (Å²) in [5, 5.41) is 0.342. The van der Waals surface area contributed by atoms with E-state index in [4.69, 9.17) is 9.39 Å². The number of ether oxygens (including phenoxy) is 2. The van der Waals surface area contributed by atoms with Crippen LogP contribution in [0.3, 0.4) is 0 Å². The Morgan fingerprint density at radius 3 is 2.38 bits per heavy atom. The average molecular weight is 550 g/mol. The molecule has 0 spiro atoms. The maximum absolute atomic E-state index is 14.0. The highest BCUT2D eigenvalue weighted by Gasteiger charge is 2.51. The van der Waals surface area contributed by atoms with Gasteiger partial charge in [-0.1, -0.05) is 49.7 Å². The fraction of sp³-hybridized carbons (Fsp3) is 0.296. The first kappa shape index (κ1) is 25.9. The van der Waals surface area contributed by atoms with Crippen LogP contribution in [-0.4, -0.2) is 43.2 Å². The molecule has 7 nitrogen and oxygen atoms in total. The minimum Gasteiger partial charge on any atom is -0.434 e. The van der Waals surface area contributed by atoms with Gasteiger partial charge in [-0.2, -0.15) is 0 Å². The summed E-state index contributed by atoms with van der Waals surface area (Å²) >= 11 is 0. The van der Waals surface area contributed by atoms with Crippen LogP contribution >= 0.6 is 0 Å². The van der Waals surface area contributed by atoms with E-state index < -0.39 is 21.9 Å². The number of para-hydroxylation sites is 1. The number of rotatable bonds is 4. The van der Waals surface area contributed by atoms with E-state index in [2.05, 4.69) is 23.6 Å². The molecule has 0 N–H and O–H groups in total. The fourth-order valence-electron chi connectivity index (χ4n) is 5.13. The first-order valence-electron chi connectivity index (χ1n) is 12.6. The minimum absolute atomic E-state index is 0.0782. The van der Waals surface area contributed by atoms with Gasteiger partial charge in [0.05, 0.1) is 4.90 Å². The summed E-state index contributed by atoms with van der Waals surface area (Å²) in [6.45, 7) is 9.95. The zero-order valence-corrected chi connectivity index (χ0v) is 23.0. The molecule has 0 saturated carbocycles. The van der Waals surface area contributed by atoms with Gasteiger partial charge in [0.25, 0.3) is 16.8 Å². The fourth-order valence-corrected chi connectivity index (χ4v) is 6.45. The Labute approximate surface area is 226 Å². The number of aromatic nitrogens is 2. The zero-order chi connectivity index (χ0) is 28.0. The molecule has 0 unspecified atom stereocenters. The summed E-state index contributed by atoms with van der Waals surface area (Å²) in [5.74, 6) is -0.300. The van der Waals surface area contributed by atoms with Crippen LogP contribution in [0.4, 0.5) is 8.78 Å². The first-order valence-corrected chi connectivity index (χ1v) is 14.0. The van der Waals surface area contributed by atoms with Crippen LogP contribution in [0.2, 0.25) is 5.31 Å².